The molecule has 1 heterocycles. The van der Waals surface area contributed by atoms with Crippen LogP contribution in [0.4, 0.5) is 5.69 Å². The average Bonchev–Trinajstić information content (AvgIpc) is 2.81. The number of carbonyl (C=O) groups excluding carboxylic acids is 2. The third-order valence-corrected chi connectivity index (χ3v) is 5.31. The molecule has 8 nitrogen and oxygen atoms in total. The summed E-state index contributed by atoms with van der Waals surface area (Å²) in [6, 6.07) is 15.9. The number of rotatable bonds is 7. The third-order valence-electron chi connectivity index (χ3n) is 5.31. The van der Waals surface area contributed by atoms with Gasteiger partial charge in [0, 0.05) is 58.6 Å². The largest absolute Gasteiger partial charge is 0.360 e. The number of aliphatic imine (C=N–C) groups is 1. The minimum absolute atomic E-state index is 0. The second kappa shape index (κ2) is 13.0. The molecule has 1 saturated heterocycles. The van der Waals surface area contributed by atoms with Crippen LogP contribution in [-0.4, -0.2) is 70.0 Å². The minimum atomic E-state index is 0. The molecule has 9 heteroatoms. The normalized spacial score (nSPS) is 13.6. The van der Waals surface area contributed by atoms with Gasteiger partial charge in [0.15, 0.2) is 5.96 Å². The van der Waals surface area contributed by atoms with Gasteiger partial charge in [-0.1, -0.05) is 24.3 Å². The van der Waals surface area contributed by atoms with Crippen LogP contribution in [0, 0.1) is 0 Å². The Labute approximate surface area is 212 Å². The molecule has 0 spiro atoms. The van der Waals surface area contributed by atoms with Gasteiger partial charge in [0.2, 0.25) is 5.91 Å². The van der Waals surface area contributed by atoms with Crippen molar-refractivity contribution in [2.45, 2.75) is 13.0 Å². The molecule has 0 saturated carbocycles. The number of anilines is 1. The van der Waals surface area contributed by atoms with Gasteiger partial charge in [0.25, 0.3) is 5.91 Å². The predicted molar refractivity (Wildman–Crippen MR) is 143 cm³/mol. The van der Waals surface area contributed by atoms with Crippen LogP contribution in [-0.2, 0) is 17.8 Å². The zero-order valence-electron chi connectivity index (χ0n) is 19.4. The van der Waals surface area contributed by atoms with Gasteiger partial charge in [-0.25, -0.2) is 0 Å². The van der Waals surface area contributed by atoms with Crippen LogP contribution >= 0.6 is 24.0 Å². The van der Waals surface area contributed by atoms with Crippen LogP contribution in [0.25, 0.3) is 0 Å². The van der Waals surface area contributed by atoms with Crippen molar-refractivity contribution in [1.29, 1.82) is 0 Å². The van der Waals surface area contributed by atoms with E-state index in [2.05, 4.69) is 38.0 Å². The van der Waals surface area contributed by atoms with Crippen molar-refractivity contribution in [1.82, 2.24) is 20.9 Å². The standard InChI is InChI=1S/C24H32N6O2.HI/c1-25-24(27-12-11-18-5-4-6-20(15-18)23(32)29(2)3)28-16-19-7-9-21(10-8-19)30-14-13-26-22(31)17-30;/h4-10,15H,11-14,16-17H2,1-3H3,(H,26,31)(H2,25,27,28);1H. The van der Waals surface area contributed by atoms with Gasteiger partial charge in [0.1, 0.15) is 0 Å². The molecule has 0 unspecified atom stereocenters. The lowest BCUT2D eigenvalue weighted by Gasteiger charge is -2.28. The molecule has 1 aliphatic rings. The summed E-state index contributed by atoms with van der Waals surface area (Å²) in [6.45, 7) is 3.26. The van der Waals surface area contributed by atoms with Crippen molar-refractivity contribution in [3.05, 3.63) is 65.2 Å². The molecule has 33 heavy (non-hydrogen) atoms. The van der Waals surface area contributed by atoms with Crippen molar-refractivity contribution in [3.63, 3.8) is 0 Å². The second-order valence-corrected chi connectivity index (χ2v) is 7.94. The number of benzene rings is 2. The maximum Gasteiger partial charge on any atom is 0.253 e. The molecule has 3 N–H and O–H groups in total. The van der Waals surface area contributed by atoms with E-state index < -0.39 is 0 Å². The molecule has 2 aromatic carbocycles. The van der Waals surface area contributed by atoms with E-state index in [-0.39, 0.29) is 35.8 Å². The Bertz CT molecular complexity index is 962. The summed E-state index contributed by atoms with van der Waals surface area (Å²) in [7, 11) is 5.26. The van der Waals surface area contributed by atoms with Crippen LogP contribution in [0.5, 0.6) is 0 Å². The third kappa shape index (κ3) is 7.92. The number of piperazine rings is 1. The molecule has 0 radical (unpaired) electrons. The zero-order chi connectivity index (χ0) is 22.9. The Kier molecular flexibility index (Phi) is 10.4. The van der Waals surface area contributed by atoms with Crippen LogP contribution in [0.1, 0.15) is 21.5 Å². The number of nitrogens with zero attached hydrogens (tertiary/aromatic N) is 3. The smallest absolute Gasteiger partial charge is 0.253 e. The maximum absolute atomic E-state index is 12.1. The molecule has 0 bridgehead atoms. The first kappa shape index (κ1) is 26.4. The first-order valence-corrected chi connectivity index (χ1v) is 10.8. The molecule has 0 aromatic heterocycles. The minimum Gasteiger partial charge on any atom is -0.360 e. The first-order chi connectivity index (χ1) is 15.5. The van der Waals surface area contributed by atoms with Crippen molar-refractivity contribution in [2.24, 2.45) is 4.99 Å². The van der Waals surface area contributed by atoms with Gasteiger partial charge < -0.3 is 25.8 Å². The van der Waals surface area contributed by atoms with Crippen molar-refractivity contribution >= 4 is 47.4 Å². The summed E-state index contributed by atoms with van der Waals surface area (Å²) in [5.74, 6) is 0.794. The van der Waals surface area contributed by atoms with Crippen LogP contribution < -0.4 is 20.9 Å². The highest BCUT2D eigenvalue weighted by Gasteiger charge is 2.16. The molecule has 2 aromatic rings. The zero-order valence-corrected chi connectivity index (χ0v) is 21.8. The van der Waals surface area contributed by atoms with E-state index >= 15 is 0 Å². The SMILES string of the molecule is CN=C(NCCc1cccc(C(=O)N(C)C)c1)NCc1ccc(N2CCNC(=O)C2)cc1.I. The fourth-order valence-electron chi connectivity index (χ4n) is 3.53. The van der Waals surface area contributed by atoms with Gasteiger partial charge in [-0.2, -0.15) is 0 Å². The lowest BCUT2D eigenvalue weighted by Crippen LogP contribution is -2.47. The fourth-order valence-corrected chi connectivity index (χ4v) is 3.53. The summed E-state index contributed by atoms with van der Waals surface area (Å²) in [6.07, 6.45) is 0.785. The molecular weight excluding hydrogens is 531 g/mol. The molecule has 1 fully saturated rings. The summed E-state index contributed by atoms with van der Waals surface area (Å²) in [5, 5.41) is 9.49. The van der Waals surface area contributed by atoms with Gasteiger partial charge in [0.05, 0.1) is 6.54 Å². The highest BCUT2D eigenvalue weighted by Crippen LogP contribution is 2.16. The lowest BCUT2D eigenvalue weighted by atomic mass is 10.1. The van der Waals surface area contributed by atoms with E-state index in [4.69, 9.17) is 0 Å². The molecule has 0 aliphatic carbocycles. The summed E-state index contributed by atoms with van der Waals surface area (Å²) in [5.41, 5.74) is 3.99. The van der Waals surface area contributed by atoms with Crippen molar-refractivity contribution < 1.29 is 9.59 Å². The Morgan fingerprint density at radius 2 is 1.88 bits per heavy atom. The quantitative estimate of drug-likeness (QED) is 0.272. The van der Waals surface area contributed by atoms with Gasteiger partial charge in [-0.05, 0) is 41.8 Å². The number of hydrogen-bond acceptors (Lipinski definition) is 4. The number of guanidine groups is 1. The monoisotopic (exact) mass is 564 g/mol. The Hall–Kier alpha value is -2.82. The number of hydrogen-bond donors (Lipinski definition) is 3. The van der Waals surface area contributed by atoms with Gasteiger partial charge in [-0.15, -0.1) is 24.0 Å². The van der Waals surface area contributed by atoms with E-state index in [1.54, 1.807) is 26.0 Å². The highest BCUT2D eigenvalue weighted by atomic mass is 127. The molecule has 1 aliphatic heterocycles. The van der Waals surface area contributed by atoms with E-state index in [0.29, 0.717) is 31.7 Å². The summed E-state index contributed by atoms with van der Waals surface area (Å²) < 4.78 is 0. The fraction of sp³-hybridized carbons (Fsp3) is 0.375. The maximum atomic E-state index is 12.1. The molecule has 2 amide bonds. The van der Waals surface area contributed by atoms with Crippen molar-refractivity contribution in [2.75, 3.05) is 52.2 Å². The Morgan fingerprint density at radius 1 is 1.12 bits per heavy atom. The molecule has 0 atom stereocenters. The van der Waals surface area contributed by atoms with Crippen LogP contribution in [0.2, 0.25) is 0 Å². The van der Waals surface area contributed by atoms with Gasteiger partial charge >= 0.3 is 0 Å². The number of halogens is 1. The second-order valence-electron chi connectivity index (χ2n) is 7.94. The van der Waals surface area contributed by atoms with Crippen LogP contribution in [0.3, 0.4) is 0 Å². The van der Waals surface area contributed by atoms with E-state index in [0.717, 1.165) is 35.7 Å². The lowest BCUT2D eigenvalue weighted by molar-refractivity contribution is -0.120. The average molecular weight is 564 g/mol. The highest BCUT2D eigenvalue weighted by molar-refractivity contribution is 14.0. The Balaban J connectivity index is 0.00000385. The van der Waals surface area contributed by atoms with E-state index in [1.165, 1.54) is 0 Å². The van der Waals surface area contributed by atoms with E-state index in [1.807, 2.05) is 36.4 Å². The summed E-state index contributed by atoms with van der Waals surface area (Å²) in [4.78, 5) is 31.7. The summed E-state index contributed by atoms with van der Waals surface area (Å²) >= 11 is 0. The molecular formula is C24H33IN6O2. The number of amides is 2. The number of carbonyl (C=O) groups is 2. The van der Waals surface area contributed by atoms with Crippen LogP contribution in [0.15, 0.2) is 53.5 Å². The number of nitrogens with one attached hydrogen (secondary N) is 3. The molecule has 178 valence electrons. The predicted octanol–water partition coefficient (Wildman–Crippen LogP) is 1.85. The topological polar surface area (TPSA) is 89.1 Å². The van der Waals surface area contributed by atoms with Gasteiger partial charge in [-0.3, -0.25) is 14.6 Å². The van der Waals surface area contributed by atoms with Crippen molar-refractivity contribution in [3.8, 4) is 0 Å². The molecule has 3 rings (SSSR count). The first-order valence-electron chi connectivity index (χ1n) is 10.8. The Morgan fingerprint density at radius 3 is 2.55 bits per heavy atom. The van der Waals surface area contributed by atoms with E-state index in [9.17, 15) is 9.59 Å².